The van der Waals surface area contributed by atoms with Crippen molar-refractivity contribution >= 4 is 32.9 Å². The molecule has 6 nitrogen and oxygen atoms in total. The van der Waals surface area contributed by atoms with Crippen LogP contribution in [0.1, 0.15) is 0 Å². The van der Waals surface area contributed by atoms with Crippen LogP contribution in [0.2, 0.25) is 0 Å². The van der Waals surface area contributed by atoms with Gasteiger partial charge in [0, 0.05) is 13.1 Å². The molecular formula is C12H10F2N2O4S2. The van der Waals surface area contributed by atoms with Gasteiger partial charge >= 0.3 is 0 Å². The van der Waals surface area contributed by atoms with Crippen molar-refractivity contribution in [2.75, 3.05) is 18.8 Å². The lowest BCUT2D eigenvalue weighted by Crippen LogP contribution is -2.61. The molecule has 0 unspecified atom stereocenters. The average molecular weight is 348 g/mol. The maximum atomic E-state index is 13.2. The van der Waals surface area contributed by atoms with Crippen LogP contribution in [0.3, 0.4) is 0 Å². The number of nitrogens with zero attached hydrogens (tertiary/aromatic N) is 2. The van der Waals surface area contributed by atoms with Gasteiger partial charge < -0.3 is 0 Å². The molecule has 0 bridgehead atoms. The van der Waals surface area contributed by atoms with E-state index in [1.54, 1.807) is 0 Å². The fraction of sp³-hybridized carbons (Fsp3) is 0.333. The molecule has 0 aromatic heterocycles. The summed E-state index contributed by atoms with van der Waals surface area (Å²) >= 11 is 0.878. The molecule has 0 N–H and O–H groups in total. The molecule has 0 saturated carbocycles. The molecule has 0 atom stereocenters. The van der Waals surface area contributed by atoms with Crippen LogP contribution in [0, 0.1) is 11.6 Å². The van der Waals surface area contributed by atoms with E-state index in [9.17, 15) is 26.8 Å². The van der Waals surface area contributed by atoms with E-state index in [1.165, 1.54) is 0 Å². The second-order valence-corrected chi connectivity index (χ2v) is 7.73. The van der Waals surface area contributed by atoms with Crippen molar-refractivity contribution in [3.8, 4) is 0 Å². The molecule has 0 aliphatic carbocycles. The van der Waals surface area contributed by atoms with Gasteiger partial charge in [-0.1, -0.05) is 11.8 Å². The largest absolute Gasteiger partial charge is 0.289 e. The quantitative estimate of drug-likeness (QED) is 0.816. The molecule has 2 aliphatic rings. The van der Waals surface area contributed by atoms with Gasteiger partial charge in [0.25, 0.3) is 5.24 Å². The number of rotatable bonds is 3. The second kappa shape index (κ2) is 5.28. The van der Waals surface area contributed by atoms with Gasteiger partial charge in [0.05, 0.1) is 16.7 Å². The lowest BCUT2D eigenvalue weighted by Gasteiger charge is -2.41. The van der Waals surface area contributed by atoms with Crippen LogP contribution in [0.5, 0.6) is 0 Å². The highest BCUT2D eigenvalue weighted by Crippen LogP contribution is 2.29. The number of hydrogen-bond acceptors (Lipinski definition) is 5. The van der Waals surface area contributed by atoms with Crippen LogP contribution < -0.4 is 0 Å². The third-order valence-corrected chi connectivity index (χ3v) is 6.17. The summed E-state index contributed by atoms with van der Waals surface area (Å²) in [5.41, 5.74) is 0. The van der Waals surface area contributed by atoms with Gasteiger partial charge in [-0.2, -0.15) is 4.31 Å². The number of sulfonamides is 1. The van der Waals surface area contributed by atoms with Crippen molar-refractivity contribution in [2.45, 2.75) is 10.9 Å². The molecule has 2 aliphatic heterocycles. The summed E-state index contributed by atoms with van der Waals surface area (Å²) in [6, 6.07) is 1.82. The summed E-state index contributed by atoms with van der Waals surface area (Å²) in [6.07, 6.45) is 0. The van der Waals surface area contributed by atoms with Crippen LogP contribution in [0.25, 0.3) is 0 Å². The predicted octanol–water partition coefficient (Wildman–Crippen LogP) is 1.03. The first-order chi connectivity index (χ1) is 10.3. The van der Waals surface area contributed by atoms with Crippen molar-refractivity contribution in [1.29, 1.82) is 0 Å². The Labute approximate surface area is 129 Å². The number of amides is 2. The second-order valence-electron chi connectivity index (χ2n) is 4.87. The molecule has 0 radical (unpaired) electrons. The van der Waals surface area contributed by atoms with Crippen molar-refractivity contribution in [1.82, 2.24) is 9.21 Å². The summed E-state index contributed by atoms with van der Waals surface area (Å²) in [7, 11) is -3.97. The SMILES string of the molecule is O=C1CSC(=O)N1C1CN(S(=O)(=O)c2ccc(F)c(F)c2)C1. The highest BCUT2D eigenvalue weighted by Gasteiger charge is 2.46. The number of carbonyl (C=O) groups is 2. The van der Waals surface area contributed by atoms with Gasteiger partial charge in [-0.3, -0.25) is 14.5 Å². The Kier molecular flexibility index (Phi) is 3.69. The lowest BCUT2D eigenvalue weighted by molar-refractivity contribution is -0.127. The van der Waals surface area contributed by atoms with E-state index in [-0.39, 0.29) is 34.9 Å². The third kappa shape index (κ3) is 2.40. The minimum atomic E-state index is -3.97. The topological polar surface area (TPSA) is 74.8 Å². The van der Waals surface area contributed by atoms with E-state index in [1.807, 2.05) is 0 Å². The molecule has 10 heteroatoms. The van der Waals surface area contributed by atoms with Crippen molar-refractivity contribution in [3.05, 3.63) is 29.8 Å². The average Bonchev–Trinajstić information content (AvgIpc) is 2.72. The normalized spacial score (nSPS) is 20.5. The Bertz CT molecular complexity index is 746. The van der Waals surface area contributed by atoms with Crippen molar-refractivity contribution < 1.29 is 26.8 Å². The molecule has 2 amide bonds. The first-order valence-corrected chi connectivity index (χ1v) is 8.67. The molecule has 1 aromatic carbocycles. The predicted molar refractivity (Wildman–Crippen MR) is 73.6 cm³/mol. The van der Waals surface area contributed by atoms with Gasteiger partial charge in [0.2, 0.25) is 15.9 Å². The number of thioether (sulfide) groups is 1. The highest BCUT2D eigenvalue weighted by atomic mass is 32.2. The Morgan fingerprint density at radius 3 is 2.36 bits per heavy atom. The van der Waals surface area contributed by atoms with E-state index < -0.39 is 27.7 Å². The Balaban J connectivity index is 1.75. The highest BCUT2D eigenvalue weighted by molar-refractivity contribution is 8.14. The molecular weight excluding hydrogens is 338 g/mol. The summed E-state index contributed by atoms with van der Waals surface area (Å²) in [6.45, 7) is -0.0846. The zero-order valence-electron chi connectivity index (χ0n) is 11.0. The van der Waals surface area contributed by atoms with Gasteiger partial charge in [-0.05, 0) is 18.2 Å². The van der Waals surface area contributed by atoms with Crippen LogP contribution >= 0.6 is 11.8 Å². The summed E-state index contributed by atoms with van der Waals surface area (Å²) in [5.74, 6) is -2.67. The first kappa shape index (κ1) is 15.4. The van der Waals surface area contributed by atoms with E-state index >= 15 is 0 Å². The molecule has 1 aromatic rings. The summed E-state index contributed by atoms with van der Waals surface area (Å²) in [4.78, 5) is 23.8. The molecule has 3 rings (SSSR count). The minimum absolute atomic E-state index is 0.0423. The van der Waals surface area contributed by atoms with Crippen LogP contribution in [-0.4, -0.2) is 53.7 Å². The third-order valence-electron chi connectivity index (χ3n) is 3.51. The molecule has 22 heavy (non-hydrogen) atoms. The number of hydrogen-bond donors (Lipinski definition) is 0. The number of benzene rings is 1. The van der Waals surface area contributed by atoms with E-state index in [4.69, 9.17) is 0 Å². The molecule has 2 fully saturated rings. The van der Waals surface area contributed by atoms with Crippen LogP contribution in [0.4, 0.5) is 13.6 Å². The Hall–Kier alpha value is -1.52. The van der Waals surface area contributed by atoms with E-state index in [2.05, 4.69) is 0 Å². The van der Waals surface area contributed by atoms with Crippen LogP contribution in [-0.2, 0) is 14.8 Å². The van der Waals surface area contributed by atoms with Gasteiger partial charge in [-0.15, -0.1) is 0 Å². The maximum absolute atomic E-state index is 13.2. The monoisotopic (exact) mass is 348 g/mol. The Morgan fingerprint density at radius 1 is 1.14 bits per heavy atom. The number of imide groups is 1. The van der Waals surface area contributed by atoms with E-state index in [0.717, 1.165) is 33.1 Å². The zero-order valence-corrected chi connectivity index (χ0v) is 12.7. The minimum Gasteiger partial charge on any atom is -0.273 e. The van der Waals surface area contributed by atoms with Gasteiger partial charge in [0.1, 0.15) is 0 Å². The van der Waals surface area contributed by atoms with E-state index in [0.29, 0.717) is 6.07 Å². The molecule has 0 spiro atoms. The standard InChI is InChI=1S/C12H10F2N2O4S2/c13-9-2-1-8(3-10(9)14)22(19,20)15-4-7(5-15)16-11(17)6-21-12(16)18/h1-3,7H,4-6H2. The molecule has 118 valence electrons. The Morgan fingerprint density at radius 2 is 1.82 bits per heavy atom. The molecule has 2 heterocycles. The summed E-state index contributed by atoms with van der Waals surface area (Å²) in [5, 5.41) is -0.389. The molecule has 2 saturated heterocycles. The lowest BCUT2D eigenvalue weighted by atomic mass is 10.1. The fourth-order valence-corrected chi connectivity index (χ4v) is 4.58. The maximum Gasteiger partial charge on any atom is 0.289 e. The zero-order chi connectivity index (χ0) is 16.1. The smallest absolute Gasteiger partial charge is 0.273 e. The fourth-order valence-electron chi connectivity index (χ4n) is 2.28. The van der Waals surface area contributed by atoms with Gasteiger partial charge in [0.15, 0.2) is 11.6 Å². The van der Waals surface area contributed by atoms with Gasteiger partial charge in [-0.25, -0.2) is 17.2 Å². The van der Waals surface area contributed by atoms with Crippen LogP contribution in [0.15, 0.2) is 23.1 Å². The van der Waals surface area contributed by atoms with Crippen molar-refractivity contribution in [3.63, 3.8) is 0 Å². The number of halogens is 2. The number of carbonyl (C=O) groups excluding carboxylic acids is 2. The van der Waals surface area contributed by atoms with Crippen molar-refractivity contribution in [2.24, 2.45) is 0 Å². The first-order valence-electron chi connectivity index (χ1n) is 6.24. The summed E-state index contributed by atoms with van der Waals surface area (Å²) < 4.78 is 51.5.